The molecule has 3 aliphatic carbocycles. The van der Waals surface area contributed by atoms with E-state index in [0.717, 1.165) is 48.6 Å². The van der Waals surface area contributed by atoms with Crippen molar-refractivity contribution in [3.05, 3.63) is 52.6 Å². The summed E-state index contributed by atoms with van der Waals surface area (Å²) in [5.41, 5.74) is 5.89. The van der Waals surface area contributed by atoms with Gasteiger partial charge in [0, 0.05) is 55.8 Å². The summed E-state index contributed by atoms with van der Waals surface area (Å²) in [6, 6.07) is 8.16. The van der Waals surface area contributed by atoms with Crippen LogP contribution in [0.3, 0.4) is 0 Å². The topological polar surface area (TPSA) is 177 Å². The molecular weight excluding hydrogens is 592 g/mol. The third-order valence-electron chi connectivity index (χ3n) is 10.6. The summed E-state index contributed by atoms with van der Waals surface area (Å²) in [4.78, 5) is 46.2. The number of aliphatic hydroxyl groups excluding tert-OH is 2. The van der Waals surface area contributed by atoms with Gasteiger partial charge in [0.15, 0.2) is 11.4 Å². The van der Waals surface area contributed by atoms with Crippen LogP contribution in [0.2, 0.25) is 0 Å². The number of methoxy groups -OCH3 is 1. The lowest BCUT2D eigenvalue weighted by Gasteiger charge is -2.53. The number of carbonyl (C=O) groups is 3. The highest BCUT2D eigenvalue weighted by molar-refractivity contribution is 6.25. The number of ketones is 2. The molecule has 0 radical (unpaired) electrons. The molecule has 2 aromatic carbocycles. The number of rotatable bonds is 6. The third-order valence-corrected chi connectivity index (χ3v) is 10.6. The van der Waals surface area contributed by atoms with E-state index in [2.05, 4.69) is 16.8 Å². The number of hydrogen-bond acceptors (Lipinski definition) is 11. The van der Waals surface area contributed by atoms with Gasteiger partial charge in [-0.3, -0.25) is 19.3 Å². The average Bonchev–Trinajstić information content (AvgIpc) is 3.00. The SMILES string of the molecule is COc1ccc(-c2ccc(O)c3c2C[C@@H]2C[C@@H]4[C@@H](N(C)C)C(O)C(C(N)=O)C(=O)[C@]4(O)C(=O)C2=C3O)cc1CN1CCN(C)CC1. The number of amides is 1. The van der Waals surface area contributed by atoms with Crippen LogP contribution >= 0.6 is 0 Å². The number of nitrogens with zero attached hydrogens (tertiary/aromatic N) is 3. The molecule has 0 bridgehead atoms. The Morgan fingerprint density at radius 1 is 1.11 bits per heavy atom. The van der Waals surface area contributed by atoms with Crippen molar-refractivity contribution in [2.45, 2.75) is 37.1 Å². The largest absolute Gasteiger partial charge is 0.507 e. The Kier molecular flexibility index (Phi) is 8.22. The second-order valence-corrected chi connectivity index (χ2v) is 13.4. The minimum atomic E-state index is -2.69. The molecule has 3 fully saturated rings. The summed E-state index contributed by atoms with van der Waals surface area (Å²) in [6.45, 7) is 4.48. The number of benzene rings is 2. The highest BCUT2D eigenvalue weighted by Gasteiger charge is 2.67. The summed E-state index contributed by atoms with van der Waals surface area (Å²) in [5, 5.41) is 45.6. The lowest BCUT2D eigenvalue weighted by molar-refractivity contribution is -0.184. The van der Waals surface area contributed by atoms with Crippen molar-refractivity contribution >= 4 is 23.2 Å². The maximum absolute atomic E-state index is 14.1. The predicted octanol–water partition coefficient (Wildman–Crippen LogP) is 0.552. The van der Waals surface area contributed by atoms with E-state index in [-0.39, 0.29) is 29.7 Å². The van der Waals surface area contributed by atoms with Crippen molar-refractivity contribution < 1.29 is 39.5 Å². The van der Waals surface area contributed by atoms with Crippen molar-refractivity contribution in [2.24, 2.45) is 23.5 Å². The van der Waals surface area contributed by atoms with Crippen LogP contribution < -0.4 is 10.5 Å². The van der Waals surface area contributed by atoms with Gasteiger partial charge in [-0.05, 0) is 74.8 Å². The van der Waals surface area contributed by atoms with E-state index in [1.165, 1.54) is 6.07 Å². The molecule has 1 aliphatic heterocycles. The molecule has 6 N–H and O–H groups in total. The van der Waals surface area contributed by atoms with E-state index in [1.807, 2.05) is 18.2 Å². The molecule has 1 saturated heterocycles. The Morgan fingerprint density at radius 2 is 1.80 bits per heavy atom. The van der Waals surface area contributed by atoms with Gasteiger partial charge >= 0.3 is 0 Å². The number of phenolic OH excluding ortho intramolecular Hbond substituents is 1. The first-order valence-corrected chi connectivity index (χ1v) is 15.6. The van der Waals surface area contributed by atoms with Gasteiger partial charge in [-0.1, -0.05) is 12.1 Å². The fraction of sp³-hybridized carbons (Fsp3) is 0.500. The first-order valence-electron chi connectivity index (χ1n) is 15.6. The second-order valence-electron chi connectivity index (χ2n) is 13.4. The molecule has 4 aliphatic rings. The van der Waals surface area contributed by atoms with Crippen LogP contribution in [-0.2, 0) is 27.3 Å². The number of Topliss-reactive ketones (excluding diaryl/α,β-unsaturated/α-hetero) is 2. The van der Waals surface area contributed by atoms with Gasteiger partial charge in [0.1, 0.15) is 23.2 Å². The average molecular weight is 635 g/mol. The number of primary amides is 1. The van der Waals surface area contributed by atoms with Crippen LogP contribution in [0.25, 0.3) is 16.9 Å². The minimum absolute atomic E-state index is 0.0601. The monoisotopic (exact) mass is 634 g/mol. The van der Waals surface area contributed by atoms with Crippen LogP contribution in [0.5, 0.6) is 11.5 Å². The first-order chi connectivity index (χ1) is 21.8. The molecule has 0 aromatic heterocycles. The summed E-state index contributed by atoms with van der Waals surface area (Å²) in [6.07, 6.45) is -1.25. The summed E-state index contributed by atoms with van der Waals surface area (Å²) in [5.74, 6) is -6.87. The van der Waals surface area contributed by atoms with Crippen LogP contribution in [0.1, 0.15) is 23.1 Å². The van der Waals surface area contributed by atoms with Gasteiger partial charge in [-0.2, -0.15) is 0 Å². The number of likely N-dealkylation sites (N-methyl/N-ethyl adjacent to an activating group) is 2. The molecule has 6 rings (SSSR count). The summed E-state index contributed by atoms with van der Waals surface area (Å²) >= 11 is 0. The number of fused-ring (bicyclic) bond motifs is 3. The van der Waals surface area contributed by atoms with Crippen molar-refractivity contribution in [1.29, 1.82) is 0 Å². The lowest BCUT2D eigenvalue weighted by Crippen LogP contribution is -2.73. The van der Waals surface area contributed by atoms with Gasteiger partial charge in [0.25, 0.3) is 0 Å². The molecule has 246 valence electrons. The van der Waals surface area contributed by atoms with Crippen molar-refractivity contribution in [2.75, 3.05) is 54.4 Å². The molecule has 2 saturated carbocycles. The van der Waals surface area contributed by atoms with Gasteiger partial charge in [0.2, 0.25) is 11.7 Å². The Balaban J connectivity index is 1.44. The van der Waals surface area contributed by atoms with E-state index >= 15 is 0 Å². The van der Waals surface area contributed by atoms with E-state index in [0.29, 0.717) is 12.1 Å². The number of carbonyl (C=O) groups excluding carboxylic acids is 3. The Morgan fingerprint density at radius 3 is 2.43 bits per heavy atom. The fourth-order valence-electron chi connectivity index (χ4n) is 8.19. The van der Waals surface area contributed by atoms with E-state index in [1.54, 1.807) is 32.2 Å². The highest BCUT2D eigenvalue weighted by Crippen LogP contribution is 2.53. The van der Waals surface area contributed by atoms with Crippen molar-refractivity contribution in [1.82, 2.24) is 14.7 Å². The Labute approximate surface area is 267 Å². The number of aliphatic hydroxyl groups is 3. The standard InChI is InChI=1S/C34H42N4O8/c1-36(2)28-22-15-18-14-21-20(17-5-8-24(46-4)19(13-17)16-38-11-9-37(3)10-12-38)6-7-23(39)26(21)29(40)25(18)31(42)34(22,45)32(43)27(30(28)41)33(35)44/h5-8,13,18,22,27-28,30,39-41,45H,9-12,14-16H2,1-4H3,(H2,35,44)/t18-,22-,27?,28-,30?,34-/m1/s1. The highest BCUT2D eigenvalue weighted by atomic mass is 16.5. The molecule has 6 atom stereocenters. The zero-order chi connectivity index (χ0) is 33.2. The molecule has 0 spiro atoms. The lowest BCUT2D eigenvalue weighted by atomic mass is 9.54. The van der Waals surface area contributed by atoms with Gasteiger partial charge < -0.3 is 40.7 Å². The van der Waals surface area contributed by atoms with E-state index < -0.39 is 58.7 Å². The van der Waals surface area contributed by atoms with Crippen molar-refractivity contribution in [3.63, 3.8) is 0 Å². The molecule has 1 amide bonds. The first kappa shape index (κ1) is 32.1. The maximum Gasteiger partial charge on any atom is 0.230 e. The van der Waals surface area contributed by atoms with Gasteiger partial charge in [-0.15, -0.1) is 0 Å². The Hall–Kier alpha value is -3.81. The van der Waals surface area contributed by atoms with Crippen LogP contribution in [0.15, 0.2) is 35.9 Å². The normalized spacial score (nSPS) is 30.2. The fourth-order valence-corrected chi connectivity index (χ4v) is 8.19. The Bertz CT molecular complexity index is 1630. The number of phenols is 1. The van der Waals surface area contributed by atoms with Gasteiger partial charge in [0.05, 0.1) is 18.8 Å². The van der Waals surface area contributed by atoms with E-state index in [4.69, 9.17) is 10.5 Å². The molecule has 12 nitrogen and oxygen atoms in total. The van der Waals surface area contributed by atoms with Crippen LogP contribution in [0.4, 0.5) is 0 Å². The molecule has 2 aromatic rings. The second kappa shape index (κ2) is 11.8. The molecular formula is C34H42N4O8. The molecule has 12 heteroatoms. The van der Waals surface area contributed by atoms with Gasteiger partial charge in [-0.25, -0.2) is 0 Å². The third kappa shape index (κ3) is 4.90. The number of piperazine rings is 1. The number of ether oxygens (including phenoxy) is 1. The molecule has 1 heterocycles. The number of aromatic hydroxyl groups is 1. The van der Waals surface area contributed by atoms with E-state index in [9.17, 15) is 34.8 Å². The summed E-state index contributed by atoms with van der Waals surface area (Å²) < 4.78 is 5.69. The summed E-state index contributed by atoms with van der Waals surface area (Å²) in [7, 11) is 7.00. The molecule has 46 heavy (non-hydrogen) atoms. The quantitative estimate of drug-likeness (QED) is 0.281. The predicted molar refractivity (Wildman–Crippen MR) is 169 cm³/mol. The maximum atomic E-state index is 14.1. The van der Waals surface area contributed by atoms with Crippen LogP contribution in [-0.4, -0.2) is 125 Å². The number of hydrogen-bond donors (Lipinski definition) is 5. The molecule has 2 unspecified atom stereocenters. The zero-order valence-corrected chi connectivity index (χ0v) is 26.6. The zero-order valence-electron chi connectivity index (χ0n) is 26.6. The van der Waals surface area contributed by atoms with Crippen LogP contribution in [0, 0.1) is 17.8 Å². The van der Waals surface area contributed by atoms with Crippen molar-refractivity contribution in [3.8, 4) is 22.6 Å². The number of nitrogens with two attached hydrogens (primary N) is 1. The minimum Gasteiger partial charge on any atom is -0.507 e. The smallest absolute Gasteiger partial charge is 0.230 e.